The molecule has 0 spiro atoms. The van der Waals surface area contributed by atoms with Gasteiger partial charge in [0.2, 0.25) is 11.8 Å². The second-order valence-corrected chi connectivity index (χ2v) is 21.6. The third-order valence-electron chi connectivity index (χ3n) is 13.3. The molecule has 2 saturated heterocycles. The summed E-state index contributed by atoms with van der Waals surface area (Å²) in [6.07, 6.45) is -2.26. The minimum absolute atomic E-state index is 0.00875. The van der Waals surface area contributed by atoms with E-state index in [0.717, 1.165) is 53.1 Å². The number of hydrogen-bond acceptors (Lipinski definition) is 15. The zero-order chi connectivity index (χ0) is 57.3. The number of β-amino-alcohol motifs (C(OH)–C–C–N with tert-alkyl or cyclic N) is 1. The molecule has 2 fully saturated rings. The van der Waals surface area contributed by atoms with Gasteiger partial charge < -0.3 is 43.7 Å². The zero-order valence-electron chi connectivity index (χ0n) is 45.6. The summed E-state index contributed by atoms with van der Waals surface area (Å²) in [5.74, 6) is -1.29. The Morgan fingerprint density at radius 2 is 1.43 bits per heavy atom. The first-order chi connectivity index (χ1) is 37.6. The summed E-state index contributed by atoms with van der Waals surface area (Å²) in [5, 5.41) is 22.5. The van der Waals surface area contributed by atoms with Gasteiger partial charge in [0, 0.05) is 38.3 Å². The predicted molar refractivity (Wildman–Crippen MR) is 289 cm³/mol. The van der Waals surface area contributed by atoms with Crippen LogP contribution in [-0.2, 0) is 55.5 Å². The van der Waals surface area contributed by atoms with Crippen LogP contribution in [0.5, 0.6) is 5.75 Å². The standard InChI is InChI=1S/C57H71F3N6O12S/c1-38-50(79-37-62-38)40-13-10-39(11-14-40)12-21-48(68)47-33-44(67)35-64(47)52(70)51(55(2,3)4)63-49(69)36-77-29-28-75-26-24-73-22-8-7-9-23-74-25-27-76-30-31-78-45-19-17-42(18-20-45)66-54(72)65(53(71)56(66,5)6)43-16-15-41(34-61)46(32-43)57(58,59)60/h10-11,13-20,32,37,44,47,51,67H,7-9,12,21-31,33,35-36H2,1-6H3,(H,63,69)/t44-,47+,51-/m1/s1. The van der Waals surface area contributed by atoms with Gasteiger partial charge in [0.1, 0.15) is 30.5 Å². The molecule has 3 atom stereocenters. The number of aliphatic hydroxyl groups excluding tert-OH is 1. The molecule has 3 aromatic carbocycles. The molecular weight excluding hydrogens is 1050 g/mol. The minimum atomic E-state index is -4.86. The van der Waals surface area contributed by atoms with Gasteiger partial charge in [-0.1, -0.05) is 45.0 Å². The second-order valence-electron chi connectivity index (χ2n) is 20.8. The molecule has 0 radical (unpaired) electrons. The number of benzene rings is 3. The molecule has 18 nitrogen and oxygen atoms in total. The summed E-state index contributed by atoms with van der Waals surface area (Å²) in [6.45, 7) is 13.7. The summed E-state index contributed by atoms with van der Waals surface area (Å²) < 4.78 is 74.7. The number of hydrogen-bond donors (Lipinski definition) is 2. The van der Waals surface area contributed by atoms with E-state index in [9.17, 15) is 42.3 Å². The van der Waals surface area contributed by atoms with E-state index in [-0.39, 0.29) is 63.9 Å². The highest BCUT2D eigenvalue weighted by Gasteiger charge is 2.53. The molecule has 6 rings (SSSR count). The fraction of sp³-hybridized carbons (Fsp3) is 0.526. The first-order valence-electron chi connectivity index (χ1n) is 26.3. The molecule has 5 amide bonds. The molecule has 2 aliphatic rings. The van der Waals surface area contributed by atoms with Gasteiger partial charge in [0.25, 0.3) is 5.91 Å². The molecule has 3 heterocycles. The molecule has 2 N–H and O–H groups in total. The number of imide groups is 1. The number of aryl methyl sites for hydroxylation is 2. The van der Waals surface area contributed by atoms with Crippen molar-refractivity contribution in [3.63, 3.8) is 0 Å². The van der Waals surface area contributed by atoms with Crippen molar-refractivity contribution in [1.29, 1.82) is 5.26 Å². The number of aromatic nitrogens is 1. The number of ether oxygens (including phenoxy) is 6. The molecule has 0 saturated carbocycles. The summed E-state index contributed by atoms with van der Waals surface area (Å²) in [7, 11) is 0. The number of amides is 5. The number of carbonyl (C=O) groups is 5. The van der Waals surface area contributed by atoms with Crippen LogP contribution in [0.15, 0.2) is 72.2 Å². The number of nitrogens with one attached hydrogen (secondary N) is 1. The van der Waals surface area contributed by atoms with Crippen LogP contribution in [0.2, 0.25) is 0 Å². The maximum absolute atomic E-state index is 14.0. The van der Waals surface area contributed by atoms with Gasteiger partial charge in [-0.3, -0.25) is 24.1 Å². The number of ketones is 1. The summed E-state index contributed by atoms with van der Waals surface area (Å²) in [4.78, 5) is 76.0. The Hall–Kier alpha value is -6.32. The molecule has 22 heteroatoms. The van der Waals surface area contributed by atoms with Crippen molar-refractivity contribution in [2.45, 2.75) is 110 Å². The summed E-state index contributed by atoms with van der Waals surface area (Å²) in [5.41, 5.74) is 0.892. The maximum Gasteiger partial charge on any atom is 0.417 e. The highest BCUT2D eigenvalue weighted by molar-refractivity contribution is 7.13. The largest absolute Gasteiger partial charge is 0.491 e. The van der Waals surface area contributed by atoms with Crippen molar-refractivity contribution in [3.05, 3.63) is 94.6 Å². The Morgan fingerprint density at radius 3 is 2.01 bits per heavy atom. The number of thiazole rings is 1. The van der Waals surface area contributed by atoms with Crippen LogP contribution in [0.4, 0.5) is 29.3 Å². The number of rotatable bonds is 30. The number of nitrogens with zero attached hydrogens (tertiary/aromatic N) is 5. The van der Waals surface area contributed by atoms with Crippen molar-refractivity contribution in [2.75, 3.05) is 89.0 Å². The van der Waals surface area contributed by atoms with Gasteiger partial charge in [-0.25, -0.2) is 14.7 Å². The molecule has 4 aromatic rings. The third-order valence-corrected chi connectivity index (χ3v) is 14.3. The monoisotopic (exact) mass is 1120 g/mol. The van der Waals surface area contributed by atoms with Crippen molar-refractivity contribution in [3.8, 4) is 22.3 Å². The van der Waals surface area contributed by atoms with Crippen LogP contribution < -0.4 is 19.9 Å². The molecule has 0 unspecified atom stereocenters. The number of urea groups is 1. The maximum atomic E-state index is 14.0. The fourth-order valence-electron chi connectivity index (χ4n) is 9.10. The van der Waals surface area contributed by atoms with E-state index >= 15 is 0 Å². The van der Waals surface area contributed by atoms with Crippen molar-refractivity contribution >= 4 is 52.2 Å². The van der Waals surface area contributed by atoms with E-state index < -0.39 is 70.2 Å². The summed E-state index contributed by atoms with van der Waals surface area (Å²) in [6, 6.07) is 16.0. The molecular formula is C57H71F3N6O12S. The van der Waals surface area contributed by atoms with Crippen molar-refractivity contribution < 1.29 is 70.7 Å². The van der Waals surface area contributed by atoms with Crippen molar-refractivity contribution in [1.82, 2.24) is 15.2 Å². The first kappa shape index (κ1) is 61.9. The fourth-order valence-corrected chi connectivity index (χ4v) is 9.91. The van der Waals surface area contributed by atoms with Gasteiger partial charge in [-0.05, 0) is 105 Å². The first-order valence-corrected chi connectivity index (χ1v) is 27.2. The Balaban J connectivity index is 0.754. The number of carbonyl (C=O) groups excluding carboxylic acids is 5. The number of halogens is 3. The number of nitriles is 1. The van der Waals surface area contributed by atoms with E-state index in [1.165, 1.54) is 29.7 Å². The van der Waals surface area contributed by atoms with Crippen LogP contribution in [0.1, 0.15) is 89.1 Å². The quantitative estimate of drug-likeness (QED) is 0.0373. The number of alkyl halides is 3. The van der Waals surface area contributed by atoms with Gasteiger partial charge in [0.15, 0.2) is 5.78 Å². The van der Waals surface area contributed by atoms with E-state index in [1.54, 1.807) is 35.6 Å². The number of likely N-dealkylation sites (tertiary alicyclic amines) is 1. The highest BCUT2D eigenvalue weighted by atomic mass is 32.1. The lowest BCUT2D eigenvalue weighted by atomic mass is 9.85. The smallest absolute Gasteiger partial charge is 0.417 e. The number of Topliss-reactive ketones (excluding diaryl/α,β-unsaturated/α-hetero) is 1. The number of unbranched alkanes of at least 4 members (excludes halogenated alkanes) is 2. The molecule has 0 bridgehead atoms. The van der Waals surface area contributed by atoms with E-state index in [0.29, 0.717) is 68.5 Å². The van der Waals surface area contributed by atoms with Crippen molar-refractivity contribution in [2.24, 2.45) is 5.41 Å². The molecule has 2 aliphatic heterocycles. The van der Waals surface area contributed by atoms with Crippen LogP contribution in [0.25, 0.3) is 10.4 Å². The third kappa shape index (κ3) is 17.1. The minimum Gasteiger partial charge on any atom is -0.491 e. The Kier molecular flexibility index (Phi) is 22.5. The van der Waals surface area contributed by atoms with Gasteiger partial charge in [-0.15, -0.1) is 11.3 Å². The SMILES string of the molecule is Cc1ncsc1-c1ccc(CCC(=O)[C@@H]2C[C@@H](O)CN2C(=O)[C@@H](NC(=O)COCCOCCOCCCCCOCCOCCOc2ccc(N3C(=O)N(c4ccc(C#N)c(C(F)(F)F)c4)C(=O)C3(C)C)cc2)C(C)(C)C)cc1. The highest BCUT2D eigenvalue weighted by Crippen LogP contribution is 2.40. The Labute approximate surface area is 463 Å². The Bertz CT molecular complexity index is 2730. The van der Waals surface area contributed by atoms with Gasteiger partial charge in [-0.2, -0.15) is 18.4 Å². The van der Waals surface area contributed by atoms with Crippen LogP contribution in [0, 0.1) is 23.7 Å². The van der Waals surface area contributed by atoms with Crippen LogP contribution in [-0.4, -0.2) is 147 Å². The topological polar surface area (TPSA) is 219 Å². The lowest BCUT2D eigenvalue weighted by Crippen LogP contribution is -2.57. The summed E-state index contributed by atoms with van der Waals surface area (Å²) >= 11 is 1.58. The predicted octanol–water partition coefficient (Wildman–Crippen LogP) is 8.09. The van der Waals surface area contributed by atoms with Crippen LogP contribution >= 0.6 is 11.3 Å². The molecule has 428 valence electrons. The zero-order valence-corrected chi connectivity index (χ0v) is 46.4. The van der Waals surface area contributed by atoms with E-state index in [1.807, 2.05) is 57.5 Å². The van der Waals surface area contributed by atoms with Crippen LogP contribution in [0.3, 0.4) is 0 Å². The average Bonchev–Trinajstić information content (AvgIpc) is 4.29. The average molecular weight is 1120 g/mol. The number of anilines is 2. The second kappa shape index (κ2) is 28.7. The molecule has 79 heavy (non-hydrogen) atoms. The number of aliphatic hydroxyl groups is 1. The van der Waals surface area contributed by atoms with E-state index in [2.05, 4.69) is 10.3 Å². The molecule has 1 aromatic heterocycles. The van der Waals surface area contributed by atoms with E-state index in [4.69, 9.17) is 33.7 Å². The van der Waals surface area contributed by atoms with Gasteiger partial charge >= 0.3 is 12.2 Å². The lowest BCUT2D eigenvalue weighted by Gasteiger charge is -2.35. The van der Waals surface area contributed by atoms with Gasteiger partial charge in [0.05, 0.1) is 97.4 Å². The normalized spacial score (nSPS) is 16.8. The Morgan fingerprint density at radius 1 is 0.835 bits per heavy atom. The lowest BCUT2D eigenvalue weighted by molar-refractivity contribution is -0.144. The molecule has 0 aliphatic carbocycles.